The molecule has 2 atom stereocenters. The standard InChI is InChI=1S/C21H23ClN2O2/c1-15(17-7-9-19(22)10-8-17)23-21(26)18-13-20(25)24(14-18)12-11-16-5-3-2-4-6-16/h2-10,15,18H,11-14H2,1H3,(H,23,26). The molecule has 1 aliphatic heterocycles. The molecule has 1 aliphatic rings. The second-order valence-corrected chi connectivity index (χ2v) is 7.19. The Morgan fingerprint density at radius 1 is 1.19 bits per heavy atom. The first-order chi connectivity index (χ1) is 12.5. The molecule has 136 valence electrons. The van der Waals surface area contributed by atoms with Gasteiger partial charge in [0.25, 0.3) is 0 Å². The van der Waals surface area contributed by atoms with Gasteiger partial charge in [-0.3, -0.25) is 9.59 Å². The summed E-state index contributed by atoms with van der Waals surface area (Å²) in [6.07, 6.45) is 1.09. The first kappa shape index (κ1) is 18.5. The molecule has 0 bridgehead atoms. The Morgan fingerprint density at radius 3 is 2.58 bits per heavy atom. The van der Waals surface area contributed by atoms with Crippen molar-refractivity contribution >= 4 is 23.4 Å². The minimum Gasteiger partial charge on any atom is -0.349 e. The molecule has 26 heavy (non-hydrogen) atoms. The second-order valence-electron chi connectivity index (χ2n) is 6.76. The summed E-state index contributed by atoms with van der Waals surface area (Å²) < 4.78 is 0. The molecule has 0 radical (unpaired) electrons. The molecule has 2 aromatic rings. The van der Waals surface area contributed by atoms with Crippen LogP contribution in [0.4, 0.5) is 0 Å². The fourth-order valence-corrected chi connectivity index (χ4v) is 3.36. The molecule has 1 N–H and O–H groups in total. The number of carbonyl (C=O) groups excluding carboxylic acids is 2. The van der Waals surface area contributed by atoms with E-state index in [0.29, 0.717) is 18.1 Å². The highest BCUT2D eigenvalue weighted by atomic mass is 35.5. The first-order valence-corrected chi connectivity index (χ1v) is 9.28. The zero-order valence-electron chi connectivity index (χ0n) is 14.8. The maximum Gasteiger partial charge on any atom is 0.225 e. The molecule has 2 amide bonds. The monoisotopic (exact) mass is 370 g/mol. The van der Waals surface area contributed by atoms with E-state index in [-0.39, 0.29) is 30.2 Å². The Morgan fingerprint density at radius 2 is 1.88 bits per heavy atom. The van der Waals surface area contributed by atoms with E-state index < -0.39 is 0 Å². The lowest BCUT2D eigenvalue weighted by Gasteiger charge is -2.19. The van der Waals surface area contributed by atoms with Crippen molar-refractivity contribution in [1.29, 1.82) is 0 Å². The molecule has 1 saturated heterocycles. The summed E-state index contributed by atoms with van der Waals surface area (Å²) in [6.45, 7) is 3.08. The molecule has 0 spiro atoms. The minimum atomic E-state index is -0.284. The average molecular weight is 371 g/mol. The number of nitrogens with one attached hydrogen (secondary N) is 1. The molecule has 1 heterocycles. The minimum absolute atomic E-state index is 0.0558. The van der Waals surface area contributed by atoms with Crippen LogP contribution in [-0.2, 0) is 16.0 Å². The number of hydrogen-bond acceptors (Lipinski definition) is 2. The topological polar surface area (TPSA) is 49.4 Å². The van der Waals surface area contributed by atoms with Crippen molar-refractivity contribution in [3.05, 3.63) is 70.7 Å². The molecule has 0 aliphatic carbocycles. The Bertz CT molecular complexity index is 761. The fourth-order valence-electron chi connectivity index (χ4n) is 3.24. The molecule has 3 rings (SSSR count). The summed E-state index contributed by atoms with van der Waals surface area (Å²) in [4.78, 5) is 26.6. The highest BCUT2D eigenvalue weighted by Gasteiger charge is 2.34. The Kier molecular flexibility index (Phi) is 5.94. The van der Waals surface area contributed by atoms with Gasteiger partial charge in [0.05, 0.1) is 12.0 Å². The van der Waals surface area contributed by atoms with Gasteiger partial charge >= 0.3 is 0 Å². The van der Waals surface area contributed by atoms with Crippen LogP contribution in [0.2, 0.25) is 5.02 Å². The van der Waals surface area contributed by atoms with Crippen LogP contribution >= 0.6 is 11.6 Å². The van der Waals surface area contributed by atoms with Crippen LogP contribution in [0.5, 0.6) is 0 Å². The highest BCUT2D eigenvalue weighted by molar-refractivity contribution is 6.30. The van der Waals surface area contributed by atoms with Gasteiger partial charge in [-0.2, -0.15) is 0 Å². The van der Waals surface area contributed by atoms with Crippen molar-refractivity contribution in [2.45, 2.75) is 25.8 Å². The molecule has 2 aromatic carbocycles. The van der Waals surface area contributed by atoms with Gasteiger partial charge in [0.1, 0.15) is 0 Å². The lowest BCUT2D eigenvalue weighted by atomic mass is 10.1. The zero-order valence-corrected chi connectivity index (χ0v) is 15.6. The van der Waals surface area contributed by atoms with E-state index in [9.17, 15) is 9.59 Å². The van der Waals surface area contributed by atoms with Crippen LogP contribution in [0, 0.1) is 5.92 Å². The van der Waals surface area contributed by atoms with Crippen molar-refractivity contribution in [3.8, 4) is 0 Å². The van der Waals surface area contributed by atoms with E-state index in [0.717, 1.165) is 12.0 Å². The van der Waals surface area contributed by atoms with E-state index in [1.807, 2.05) is 49.4 Å². The molecule has 0 saturated carbocycles. The summed E-state index contributed by atoms with van der Waals surface area (Å²) in [5.41, 5.74) is 2.19. The van der Waals surface area contributed by atoms with Crippen LogP contribution in [0.3, 0.4) is 0 Å². The zero-order chi connectivity index (χ0) is 18.5. The van der Waals surface area contributed by atoms with E-state index in [1.165, 1.54) is 5.56 Å². The summed E-state index contributed by atoms with van der Waals surface area (Å²) in [6, 6.07) is 17.4. The quantitative estimate of drug-likeness (QED) is 0.844. The van der Waals surface area contributed by atoms with E-state index in [4.69, 9.17) is 11.6 Å². The Hall–Kier alpha value is -2.33. The number of carbonyl (C=O) groups is 2. The van der Waals surface area contributed by atoms with Crippen LogP contribution in [0.15, 0.2) is 54.6 Å². The molecule has 1 fully saturated rings. The second kappa shape index (κ2) is 8.37. The number of nitrogens with zero attached hydrogens (tertiary/aromatic N) is 1. The Balaban J connectivity index is 1.52. The maximum atomic E-state index is 12.5. The number of halogens is 1. The predicted octanol–water partition coefficient (Wildman–Crippen LogP) is 3.61. The third-order valence-electron chi connectivity index (χ3n) is 4.83. The van der Waals surface area contributed by atoms with Crippen LogP contribution in [-0.4, -0.2) is 29.8 Å². The van der Waals surface area contributed by atoms with Crippen molar-refractivity contribution < 1.29 is 9.59 Å². The number of likely N-dealkylation sites (tertiary alicyclic amines) is 1. The lowest BCUT2D eigenvalue weighted by molar-refractivity contribution is -0.129. The average Bonchev–Trinajstić information content (AvgIpc) is 3.02. The molecular weight excluding hydrogens is 348 g/mol. The van der Waals surface area contributed by atoms with Crippen molar-refractivity contribution in [2.75, 3.05) is 13.1 Å². The number of amides is 2. The predicted molar refractivity (Wildman–Crippen MR) is 103 cm³/mol. The van der Waals surface area contributed by atoms with Gasteiger partial charge in [-0.05, 0) is 36.6 Å². The number of rotatable bonds is 6. The lowest BCUT2D eigenvalue weighted by Crippen LogP contribution is -2.35. The van der Waals surface area contributed by atoms with E-state index >= 15 is 0 Å². The van der Waals surface area contributed by atoms with Crippen LogP contribution in [0.25, 0.3) is 0 Å². The first-order valence-electron chi connectivity index (χ1n) is 8.90. The third kappa shape index (κ3) is 4.64. The van der Waals surface area contributed by atoms with E-state index in [1.54, 1.807) is 4.90 Å². The van der Waals surface area contributed by atoms with Crippen LogP contribution in [0.1, 0.15) is 30.5 Å². The molecule has 4 nitrogen and oxygen atoms in total. The van der Waals surface area contributed by atoms with Gasteiger partial charge in [-0.1, -0.05) is 54.1 Å². The van der Waals surface area contributed by atoms with Gasteiger partial charge in [0.15, 0.2) is 0 Å². The number of hydrogen-bond donors (Lipinski definition) is 1. The smallest absolute Gasteiger partial charge is 0.225 e. The molecule has 5 heteroatoms. The van der Waals surface area contributed by atoms with Gasteiger partial charge in [-0.25, -0.2) is 0 Å². The maximum absolute atomic E-state index is 12.5. The van der Waals surface area contributed by atoms with Crippen LogP contribution < -0.4 is 5.32 Å². The molecule has 2 unspecified atom stereocenters. The van der Waals surface area contributed by atoms with Gasteiger partial charge in [0.2, 0.25) is 11.8 Å². The molecular formula is C21H23ClN2O2. The van der Waals surface area contributed by atoms with Gasteiger partial charge in [0, 0.05) is 24.5 Å². The third-order valence-corrected chi connectivity index (χ3v) is 5.08. The summed E-state index contributed by atoms with van der Waals surface area (Å²) in [5.74, 6) is -0.295. The SMILES string of the molecule is CC(NC(=O)C1CC(=O)N(CCc2ccccc2)C1)c1ccc(Cl)cc1. The van der Waals surface area contributed by atoms with Crippen molar-refractivity contribution in [3.63, 3.8) is 0 Å². The fraction of sp³-hybridized carbons (Fsp3) is 0.333. The van der Waals surface area contributed by atoms with Gasteiger partial charge < -0.3 is 10.2 Å². The van der Waals surface area contributed by atoms with Crippen molar-refractivity contribution in [1.82, 2.24) is 10.2 Å². The summed E-state index contributed by atoms with van der Waals surface area (Å²) in [5, 5.41) is 3.68. The normalized spacial score (nSPS) is 18.0. The highest BCUT2D eigenvalue weighted by Crippen LogP contribution is 2.21. The van der Waals surface area contributed by atoms with Crippen molar-refractivity contribution in [2.24, 2.45) is 5.92 Å². The molecule has 0 aromatic heterocycles. The number of benzene rings is 2. The Labute approximate surface area is 159 Å². The van der Waals surface area contributed by atoms with E-state index in [2.05, 4.69) is 17.4 Å². The largest absolute Gasteiger partial charge is 0.349 e. The summed E-state index contributed by atoms with van der Waals surface area (Å²) in [7, 11) is 0. The van der Waals surface area contributed by atoms with Gasteiger partial charge in [-0.15, -0.1) is 0 Å². The summed E-state index contributed by atoms with van der Waals surface area (Å²) >= 11 is 5.90.